The number of rotatable bonds is 7. The summed E-state index contributed by atoms with van der Waals surface area (Å²) in [6.45, 7) is 9.07. The predicted molar refractivity (Wildman–Crippen MR) is 141 cm³/mol. The normalized spacial score (nSPS) is 25.4. The molecule has 4 rings (SSSR count). The largest absolute Gasteiger partial charge is 0.462 e. The fourth-order valence-corrected chi connectivity index (χ4v) is 6.20. The number of ether oxygens (including phenoxy) is 2. The molecule has 7 heteroatoms. The van der Waals surface area contributed by atoms with Crippen LogP contribution < -0.4 is 4.74 Å². The highest BCUT2D eigenvalue weighted by Crippen LogP contribution is 2.51. The zero-order valence-electron chi connectivity index (χ0n) is 21.9. The summed E-state index contributed by atoms with van der Waals surface area (Å²) in [5.41, 5.74) is 1.29. The molecule has 1 aliphatic carbocycles. The van der Waals surface area contributed by atoms with Crippen molar-refractivity contribution in [2.75, 3.05) is 26.7 Å². The molecule has 2 aliphatic rings. The van der Waals surface area contributed by atoms with Gasteiger partial charge in [-0.2, -0.15) is 0 Å². The fraction of sp³-hybridized carbons (Fsp3) is 0.433. The number of hydrogen-bond acceptors (Lipinski definition) is 6. The SMILES string of the molecule is C=CCN1CCC2(c3cccc(OC(C)=O)c3)CC(N(C)C(=O)c3ccccc3)CC(OC(C)=O)C2C1. The maximum atomic E-state index is 13.4. The van der Waals surface area contributed by atoms with Crippen LogP contribution in [0, 0.1) is 5.92 Å². The Morgan fingerprint density at radius 2 is 1.86 bits per heavy atom. The zero-order chi connectivity index (χ0) is 26.6. The Bertz CT molecular complexity index is 1150. The van der Waals surface area contributed by atoms with Gasteiger partial charge in [0.1, 0.15) is 11.9 Å². The molecule has 1 heterocycles. The Labute approximate surface area is 219 Å². The Kier molecular flexibility index (Phi) is 8.13. The Balaban J connectivity index is 1.76. The lowest BCUT2D eigenvalue weighted by molar-refractivity contribution is -0.158. The van der Waals surface area contributed by atoms with E-state index in [1.54, 1.807) is 11.0 Å². The Morgan fingerprint density at radius 3 is 2.54 bits per heavy atom. The first-order chi connectivity index (χ1) is 17.7. The number of piperidine rings is 1. The molecule has 0 radical (unpaired) electrons. The molecule has 7 nitrogen and oxygen atoms in total. The average Bonchev–Trinajstić information content (AvgIpc) is 2.88. The molecule has 4 unspecified atom stereocenters. The first-order valence-electron chi connectivity index (χ1n) is 12.8. The van der Waals surface area contributed by atoms with Crippen molar-refractivity contribution >= 4 is 17.8 Å². The summed E-state index contributed by atoms with van der Waals surface area (Å²) in [4.78, 5) is 41.5. The van der Waals surface area contributed by atoms with Crippen LogP contribution in [-0.2, 0) is 19.7 Å². The number of carbonyl (C=O) groups excluding carboxylic acids is 3. The Morgan fingerprint density at radius 1 is 1.11 bits per heavy atom. The summed E-state index contributed by atoms with van der Waals surface area (Å²) in [6.07, 6.45) is 3.62. The second-order valence-corrected chi connectivity index (χ2v) is 10.2. The molecule has 0 N–H and O–H groups in total. The molecule has 2 aromatic rings. The second kappa shape index (κ2) is 11.3. The smallest absolute Gasteiger partial charge is 0.308 e. The molecule has 1 aliphatic heterocycles. The molecule has 37 heavy (non-hydrogen) atoms. The van der Waals surface area contributed by atoms with Gasteiger partial charge in [-0.1, -0.05) is 36.4 Å². The molecule has 1 saturated heterocycles. The maximum absolute atomic E-state index is 13.4. The van der Waals surface area contributed by atoms with E-state index in [2.05, 4.69) is 17.5 Å². The van der Waals surface area contributed by atoms with E-state index in [0.717, 1.165) is 38.0 Å². The van der Waals surface area contributed by atoms with Crippen molar-refractivity contribution in [2.24, 2.45) is 5.92 Å². The number of fused-ring (bicyclic) bond motifs is 1. The van der Waals surface area contributed by atoms with Crippen molar-refractivity contribution in [1.29, 1.82) is 0 Å². The van der Waals surface area contributed by atoms with E-state index in [1.165, 1.54) is 13.8 Å². The fourth-order valence-electron chi connectivity index (χ4n) is 6.20. The van der Waals surface area contributed by atoms with E-state index in [4.69, 9.17) is 9.47 Å². The van der Waals surface area contributed by atoms with E-state index in [1.807, 2.05) is 55.6 Å². The monoisotopic (exact) mass is 504 g/mol. The number of nitrogens with zero attached hydrogens (tertiary/aromatic N) is 2. The van der Waals surface area contributed by atoms with Gasteiger partial charge >= 0.3 is 11.9 Å². The lowest BCUT2D eigenvalue weighted by Crippen LogP contribution is -2.61. The van der Waals surface area contributed by atoms with Crippen molar-refractivity contribution in [2.45, 2.75) is 50.7 Å². The molecule has 4 atom stereocenters. The van der Waals surface area contributed by atoms with Gasteiger partial charge in [-0.25, -0.2) is 0 Å². The number of esters is 2. The molecule has 0 bridgehead atoms. The number of likely N-dealkylation sites (tertiary alicyclic amines) is 1. The molecule has 1 amide bonds. The summed E-state index contributed by atoms with van der Waals surface area (Å²) in [5, 5.41) is 0. The van der Waals surface area contributed by atoms with Gasteiger partial charge in [0.15, 0.2) is 0 Å². The predicted octanol–water partition coefficient (Wildman–Crippen LogP) is 4.22. The van der Waals surface area contributed by atoms with Gasteiger partial charge in [0.05, 0.1) is 0 Å². The van der Waals surface area contributed by atoms with Gasteiger partial charge in [-0.05, 0) is 49.2 Å². The summed E-state index contributed by atoms with van der Waals surface area (Å²) in [5.74, 6) is -0.259. The molecular weight excluding hydrogens is 468 g/mol. The van der Waals surface area contributed by atoms with Crippen LogP contribution in [0.15, 0.2) is 67.3 Å². The first kappa shape index (κ1) is 26.6. The highest BCUT2D eigenvalue weighted by Gasteiger charge is 2.54. The van der Waals surface area contributed by atoms with Gasteiger partial charge in [-0.3, -0.25) is 19.3 Å². The molecule has 1 saturated carbocycles. The van der Waals surface area contributed by atoms with E-state index >= 15 is 0 Å². The van der Waals surface area contributed by atoms with E-state index in [0.29, 0.717) is 17.7 Å². The van der Waals surface area contributed by atoms with E-state index in [9.17, 15) is 14.4 Å². The van der Waals surface area contributed by atoms with Gasteiger partial charge in [-0.15, -0.1) is 6.58 Å². The minimum atomic E-state index is -0.375. The second-order valence-electron chi connectivity index (χ2n) is 10.2. The topological polar surface area (TPSA) is 76.2 Å². The quantitative estimate of drug-likeness (QED) is 0.319. The standard InChI is InChI=1S/C30H36N2O5/c1-5-15-32-16-14-30(24-12-9-13-26(17-24)36-21(2)33)19-25(18-28(27(30)20-32)37-22(3)34)31(4)29(35)23-10-7-6-8-11-23/h5-13,17,25,27-28H,1,14-16,18-20H2,2-4H3. The highest BCUT2D eigenvalue weighted by atomic mass is 16.5. The third kappa shape index (κ3) is 5.77. The first-order valence-corrected chi connectivity index (χ1v) is 12.8. The van der Waals surface area contributed by atoms with Crippen LogP contribution >= 0.6 is 0 Å². The zero-order valence-corrected chi connectivity index (χ0v) is 21.9. The average molecular weight is 505 g/mol. The molecule has 2 aromatic carbocycles. The van der Waals surface area contributed by atoms with Gasteiger partial charge in [0.25, 0.3) is 5.91 Å². The molecule has 0 aromatic heterocycles. The van der Waals surface area contributed by atoms with Crippen molar-refractivity contribution in [3.63, 3.8) is 0 Å². The third-order valence-electron chi connectivity index (χ3n) is 7.86. The Hall–Kier alpha value is -3.45. The molecule has 2 fully saturated rings. The molecule has 0 spiro atoms. The van der Waals surface area contributed by atoms with Crippen LogP contribution in [-0.4, -0.2) is 66.5 Å². The van der Waals surface area contributed by atoms with E-state index < -0.39 is 0 Å². The third-order valence-corrected chi connectivity index (χ3v) is 7.86. The summed E-state index contributed by atoms with van der Waals surface area (Å²) in [7, 11) is 1.83. The van der Waals surface area contributed by atoms with Gasteiger partial charge in [0, 0.05) is 63.3 Å². The van der Waals surface area contributed by atoms with Crippen LogP contribution in [0.3, 0.4) is 0 Å². The van der Waals surface area contributed by atoms with Crippen molar-refractivity contribution < 1.29 is 23.9 Å². The summed E-state index contributed by atoms with van der Waals surface area (Å²) >= 11 is 0. The van der Waals surface area contributed by atoms with Crippen LogP contribution in [0.4, 0.5) is 0 Å². The number of amides is 1. The number of carbonyl (C=O) groups is 3. The highest BCUT2D eigenvalue weighted by molar-refractivity contribution is 5.94. The lowest BCUT2D eigenvalue weighted by Gasteiger charge is -2.56. The van der Waals surface area contributed by atoms with Crippen LogP contribution in [0.5, 0.6) is 5.75 Å². The van der Waals surface area contributed by atoms with Gasteiger partial charge in [0.2, 0.25) is 0 Å². The minimum absolute atomic E-state index is 0.00848. The molecule has 196 valence electrons. The van der Waals surface area contributed by atoms with Crippen LogP contribution in [0.2, 0.25) is 0 Å². The summed E-state index contributed by atoms with van der Waals surface area (Å²) < 4.78 is 11.4. The van der Waals surface area contributed by atoms with Gasteiger partial charge < -0.3 is 14.4 Å². The van der Waals surface area contributed by atoms with E-state index in [-0.39, 0.29) is 41.3 Å². The van der Waals surface area contributed by atoms with Crippen LogP contribution in [0.1, 0.15) is 49.0 Å². The minimum Gasteiger partial charge on any atom is -0.462 e. The van der Waals surface area contributed by atoms with Crippen molar-refractivity contribution in [1.82, 2.24) is 9.80 Å². The number of hydrogen-bond donors (Lipinski definition) is 0. The lowest BCUT2D eigenvalue weighted by atomic mass is 9.56. The van der Waals surface area contributed by atoms with Crippen molar-refractivity contribution in [3.8, 4) is 5.75 Å². The van der Waals surface area contributed by atoms with Crippen LogP contribution in [0.25, 0.3) is 0 Å². The maximum Gasteiger partial charge on any atom is 0.308 e. The molecular formula is C30H36N2O5. The number of benzene rings is 2. The van der Waals surface area contributed by atoms with Crippen molar-refractivity contribution in [3.05, 3.63) is 78.4 Å². The summed E-state index contributed by atoms with van der Waals surface area (Å²) in [6, 6.07) is 16.8.